The molecular weight excluding hydrogens is 368 g/mol. The summed E-state index contributed by atoms with van der Waals surface area (Å²) >= 11 is 0. The van der Waals surface area contributed by atoms with E-state index in [0.717, 1.165) is 0 Å². The smallest absolute Gasteiger partial charge is 0.193 e. The van der Waals surface area contributed by atoms with Crippen molar-refractivity contribution < 1.29 is 24.9 Å². The summed E-state index contributed by atoms with van der Waals surface area (Å²) in [5, 5.41) is 27.0. The van der Waals surface area contributed by atoms with Crippen LogP contribution in [-0.4, -0.2) is 26.9 Å². The number of benzene rings is 3. The second-order valence-electron chi connectivity index (χ2n) is 5.53. The van der Waals surface area contributed by atoms with Crippen LogP contribution < -0.4 is 0 Å². The molecule has 3 aromatic rings. The maximum Gasteiger partial charge on any atom is 0.193 e. The van der Waals surface area contributed by atoms with Crippen molar-refractivity contribution in [2.45, 2.75) is 6.92 Å². The van der Waals surface area contributed by atoms with Crippen molar-refractivity contribution in [3.05, 3.63) is 89.5 Å². The van der Waals surface area contributed by atoms with E-state index in [4.69, 9.17) is 15.3 Å². The average molecular weight is 387 g/mol. The molecule has 0 aliphatic carbocycles. The highest BCUT2D eigenvalue weighted by Crippen LogP contribution is 2.16. The SMILES string of the molecule is CC(=O)c1ccc(O)cc1.Cl.O=C(c1ccc(O)cc1)c1ccc(O)cc1. The number of Topliss-reactive ketones (excluding diaryl/α,β-unsaturated/α-hetero) is 1. The molecule has 0 aromatic heterocycles. The monoisotopic (exact) mass is 386 g/mol. The Labute approximate surface area is 163 Å². The molecule has 6 heteroatoms. The van der Waals surface area contributed by atoms with Gasteiger partial charge in [0.05, 0.1) is 0 Å². The number of phenolic OH excluding ortho intramolecular Hbond substituents is 3. The van der Waals surface area contributed by atoms with Crippen LogP contribution in [0.4, 0.5) is 0 Å². The third-order valence-electron chi connectivity index (χ3n) is 3.53. The molecule has 3 aromatic carbocycles. The first kappa shape index (κ1) is 21.7. The second kappa shape index (κ2) is 9.99. The molecule has 0 saturated heterocycles. The largest absolute Gasteiger partial charge is 0.508 e. The van der Waals surface area contributed by atoms with E-state index >= 15 is 0 Å². The lowest BCUT2D eigenvalue weighted by Crippen LogP contribution is -2.00. The highest BCUT2D eigenvalue weighted by Gasteiger charge is 2.08. The van der Waals surface area contributed by atoms with Crippen molar-refractivity contribution >= 4 is 24.0 Å². The lowest BCUT2D eigenvalue weighted by Gasteiger charge is -2.01. The molecule has 0 radical (unpaired) electrons. The van der Waals surface area contributed by atoms with Gasteiger partial charge >= 0.3 is 0 Å². The van der Waals surface area contributed by atoms with Crippen molar-refractivity contribution in [3.63, 3.8) is 0 Å². The number of carbonyl (C=O) groups is 2. The second-order valence-corrected chi connectivity index (χ2v) is 5.53. The molecule has 5 nitrogen and oxygen atoms in total. The summed E-state index contributed by atoms with van der Waals surface area (Å²) in [6.45, 7) is 1.49. The fraction of sp³-hybridized carbons (Fsp3) is 0.0476. The minimum Gasteiger partial charge on any atom is -0.508 e. The summed E-state index contributed by atoms with van der Waals surface area (Å²) in [5.41, 5.74) is 1.63. The molecule has 0 bridgehead atoms. The van der Waals surface area contributed by atoms with Gasteiger partial charge in [0.2, 0.25) is 0 Å². The van der Waals surface area contributed by atoms with Gasteiger partial charge in [-0.1, -0.05) is 0 Å². The van der Waals surface area contributed by atoms with E-state index in [9.17, 15) is 9.59 Å². The quantitative estimate of drug-likeness (QED) is 0.582. The number of phenols is 3. The van der Waals surface area contributed by atoms with E-state index in [2.05, 4.69) is 0 Å². The Morgan fingerprint density at radius 2 is 0.815 bits per heavy atom. The van der Waals surface area contributed by atoms with Gasteiger partial charge in [0.25, 0.3) is 0 Å². The standard InChI is InChI=1S/C13H10O3.C8H8O2.ClH/c14-11-5-1-9(2-6-11)13(16)10-3-7-12(15)8-4-10;1-6(9)7-2-4-8(10)5-3-7;/h1-8,14-15H;2-5,10H,1H3;1H. The van der Waals surface area contributed by atoms with E-state index in [-0.39, 0.29) is 41.2 Å². The van der Waals surface area contributed by atoms with Crippen LogP contribution in [0.3, 0.4) is 0 Å². The third kappa shape index (κ3) is 6.49. The molecule has 0 atom stereocenters. The molecular formula is C21H19ClO5. The first-order valence-electron chi connectivity index (χ1n) is 7.79. The molecule has 0 saturated carbocycles. The number of carbonyl (C=O) groups excluding carboxylic acids is 2. The Kier molecular flexibility index (Phi) is 8.04. The van der Waals surface area contributed by atoms with E-state index < -0.39 is 0 Å². The Bertz CT molecular complexity index is 838. The number of ketones is 2. The summed E-state index contributed by atoms with van der Waals surface area (Å²) in [5.74, 6) is 0.314. The van der Waals surface area contributed by atoms with E-state index in [1.54, 1.807) is 36.4 Å². The molecule has 140 valence electrons. The summed E-state index contributed by atoms with van der Waals surface area (Å²) in [6.07, 6.45) is 0. The zero-order chi connectivity index (χ0) is 19.1. The molecule has 0 amide bonds. The molecule has 3 rings (SSSR count). The van der Waals surface area contributed by atoms with Crippen LogP contribution in [0.2, 0.25) is 0 Å². The minimum atomic E-state index is -0.139. The van der Waals surface area contributed by atoms with Crippen LogP contribution in [0.15, 0.2) is 72.8 Å². The van der Waals surface area contributed by atoms with E-state index in [0.29, 0.717) is 16.7 Å². The van der Waals surface area contributed by atoms with Crippen LogP contribution in [0, 0.1) is 0 Å². The Morgan fingerprint density at radius 3 is 1.07 bits per heavy atom. The molecule has 0 unspecified atom stereocenters. The van der Waals surface area contributed by atoms with Gasteiger partial charge in [0.15, 0.2) is 11.6 Å². The summed E-state index contributed by atoms with van der Waals surface area (Å²) in [7, 11) is 0. The highest BCUT2D eigenvalue weighted by atomic mass is 35.5. The third-order valence-corrected chi connectivity index (χ3v) is 3.53. The molecule has 3 N–H and O–H groups in total. The van der Waals surface area contributed by atoms with Crippen molar-refractivity contribution in [2.75, 3.05) is 0 Å². The predicted octanol–water partition coefficient (Wildman–Crippen LogP) is 4.35. The van der Waals surface area contributed by atoms with Gasteiger partial charge in [-0.15, -0.1) is 12.4 Å². The fourth-order valence-electron chi connectivity index (χ4n) is 2.09. The number of hydrogen-bond donors (Lipinski definition) is 3. The lowest BCUT2D eigenvalue weighted by atomic mass is 10.0. The van der Waals surface area contributed by atoms with E-state index in [1.807, 2.05) is 0 Å². The van der Waals surface area contributed by atoms with Gasteiger partial charge in [-0.25, -0.2) is 0 Å². The number of aromatic hydroxyl groups is 3. The highest BCUT2D eigenvalue weighted by molar-refractivity contribution is 6.09. The number of rotatable bonds is 3. The van der Waals surface area contributed by atoms with Crippen molar-refractivity contribution in [1.82, 2.24) is 0 Å². The van der Waals surface area contributed by atoms with Crippen molar-refractivity contribution in [1.29, 1.82) is 0 Å². The van der Waals surface area contributed by atoms with E-state index in [1.165, 1.54) is 43.3 Å². The summed E-state index contributed by atoms with van der Waals surface area (Å²) < 4.78 is 0. The number of hydrogen-bond acceptors (Lipinski definition) is 5. The molecule has 0 heterocycles. The summed E-state index contributed by atoms with van der Waals surface area (Å²) in [6, 6.07) is 18.3. The van der Waals surface area contributed by atoms with Gasteiger partial charge in [0.1, 0.15) is 17.2 Å². The first-order chi connectivity index (χ1) is 12.4. The topological polar surface area (TPSA) is 94.8 Å². The van der Waals surface area contributed by atoms with Crippen LogP contribution >= 0.6 is 12.4 Å². The Balaban J connectivity index is 0.000000288. The normalized spacial score (nSPS) is 9.37. The van der Waals surface area contributed by atoms with Gasteiger partial charge in [0, 0.05) is 16.7 Å². The van der Waals surface area contributed by atoms with Crippen LogP contribution in [-0.2, 0) is 0 Å². The number of halogens is 1. The van der Waals surface area contributed by atoms with Gasteiger partial charge < -0.3 is 15.3 Å². The molecule has 0 aliphatic rings. The zero-order valence-electron chi connectivity index (χ0n) is 14.5. The predicted molar refractivity (Wildman–Crippen MR) is 105 cm³/mol. The fourth-order valence-corrected chi connectivity index (χ4v) is 2.09. The van der Waals surface area contributed by atoms with Gasteiger partial charge in [-0.05, 0) is 79.7 Å². The molecule has 0 fully saturated rings. The lowest BCUT2D eigenvalue weighted by molar-refractivity contribution is 0.101. The van der Waals surface area contributed by atoms with Gasteiger partial charge in [-0.3, -0.25) is 9.59 Å². The molecule has 0 aliphatic heterocycles. The van der Waals surface area contributed by atoms with Crippen molar-refractivity contribution in [2.24, 2.45) is 0 Å². The minimum absolute atomic E-state index is 0. The molecule has 27 heavy (non-hydrogen) atoms. The van der Waals surface area contributed by atoms with Crippen LogP contribution in [0.25, 0.3) is 0 Å². The van der Waals surface area contributed by atoms with Crippen LogP contribution in [0.1, 0.15) is 33.2 Å². The Hall–Kier alpha value is -3.31. The summed E-state index contributed by atoms with van der Waals surface area (Å²) in [4.78, 5) is 22.6. The van der Waals surface area contributed by atoms with Crippen molar-refractivity contribution in [3.8, 4) is 17.2 Å². The zero-order valence-corrected chi connectivity index (χ0v) is 15.3. The first-order valence-corrected chi connectivity index (χ1v) is 7.79. The average Bonchev–Trinajstić information content (AvgIpc) is 2.63. The van der Waals surface area contributed by atoms with Gasteiger partial charge in [-0.2, -0.15) is 0 Å². The maximum absolute atomic E-state index is 11.9. The molecule has 0 spiro atoms. The Morgan fingerprint density at radius 1 is 0.556 bits per heavy atom. The van der Waals surface area contributed by atoms with Crippen LogP contribution in [0.5, 0.6) is 17.2 Å². The maximum atomic E-state index is 11.9.